The number of allylic oxidation sites excluding steroid dienone is 1. The number of aliphatic hydroxyl groups is 1. The quantitative estimate of drug-likeness (QED) is 0.321. The van der Waals surface area contributed by atoms with E-state index in [1.807, 2.05) is 0 Å². The van der Waals surface area contributed by atoms with Crippen LogP contribution in [0.3, 0.4) is 0 Å². The number of rotatable bonds is 5. The normalized spacial score (nSPS) is 47.9. The summed E-state index contributed by atoms with van der Waals surface area (Å²) >= 11 is 3.59. The van der Waals surface area contributed by atoms with Crippen molar-refractivity contribution in [1.29, 1.82) is 0 Å². The van der Waals surface area contributed by atoms with Crippen LogP contribution in [0.4, 0.5) is 0 Å². The van der Waals surface area contributed by atoms with Gasteiger partial charge in [0.1, 0.15) is 4.51 Å². The largest absolute Gasteiger partial charge is 0.379 e. The molecule has 0 heterocycles. The molecule has 4 aliphatic rings. The van der Waals surface area contributed by atoms with Gasteiger partial charge < -0.3 is 5.11 Å². The number of fused-ring (bicyclic) bond motifs is 5. The van der Waals surface area contributed by atoms with E-state index in [4.69, 9.17) is 0 Å². The molecule has 8 atom stereocenters. The fraction of sp³-hybridized carbons (Fsp3) is 0.926. The van der Waals surface area contributed by atoms with Crippen LogP contribution in [-0.4, -0.2) is 9.62 Å². The Bertz CT molecular complexity index is 636. The van der Waals surface area contributed by atoms with Crippen LogP contribution in [0.1, 0.15) is 105 Å². The molecule has 3 fully saturated rings. The molecule has 29 heavy (non-hydrogen) atoms. The summed E-state index contributed by atoms with van der Waals surface area (Å²) in [6, 6.07) is 0. The molecule has 0 aliphatic heterocycles. The van der Waals surface area contributed by atoms with Gasteiger partial charge in [0.2, 0.25) is 0 Å². The maximum absolute atomic E-state index is 10.6. The Morgan fingerprint density at radius 3 is 2.52 bits per heavy atom. The molecule has 0 aromatic heterocycles. The molecule has 1 nitrogen and oxygen atoms in total. The number of hydrogen-bond donors (Lipinski definition) is 1. The Kier molecular flexibility index (Phi) is 6.13. The molecule has 1 N–H and O–H groups in total. The standard InChI is InChI=1S/C27H45BrO/c1-18(2)7-6-8-19(3)22-11-12-23-21-10-9-20-17-27(28,29)16-15-25(20,4)24(21)13-14-26(22,23)5/h9,18-19,21-24,29H,6-8,10-17H2,1-5H3/t19-,21+,22-,23+,24+,25+,26-,27?/m1/s1. The minimum atomic E-state index is -0.655. The molecule has 4 rings (SSSR count). The average Bonchev–Trinajstić information content (AvgIpc) is 2.99. The second kappa shape index (κ2) is 7.95. The van der Waals surface area contributed by atoms with Gasteiger partial charge in [0, 0.05) is 6.42 Å². The van der Waals surface area contributed by atoms with Crippen molar-refractivity contribution >= 4 is 15.9 Å². The van der Waals surface area contributed by atoms with Crippen LogP contribution >= 0.6 is 15.9 Å². The average molecular weight is 466 g/mol. The van der Waals surface area contributed by atoms with E-state index < -0.39 is 4.51 Å². The lowest BCUT2D eigenvalue weighted by Crippen LogP contribution is -2.51. The molecule has 0 aromatic rings. The summed E-state index contributed by atoms with van der Waals surface area (Å²) in [7, 11) is 0. The third-order valence-corrected chi connectivity index (χ3v) is 11.0. The van der Waals surface area contributed by atoms with Gasteiger partial charge in [-0.25, -0.2) is 0 Å². The zero-order valence-electron chi connectivity index (χ0n) is 19.6. The van der Waals surface area contributed by atoms with Crippen LogP contribution in [0.25, 0.3) is 0 Å². The summed E-state index contributed by atoms with van der Waals surface area (Å²) in [6.45, 7) is 12.5. The summed E-state index contributed by atoms with van der Waals surface area (Å²) in [5.41, 5.74) is 2.47. The van der Waals surface area contributed by atoms with Crippen molar-refractivity contribution < 1.29 is 5.11 Å². The number of halogens is 1. The van der Waals surface area contributed by atoms with E-state index >= 15 is 0 Å². The Morgan fingerprint density at radius 1 is 1.03 bits per heavy atom. The molecule has 3 saturated carbocycles. The highest BCUT2D eigenvalue weighted by Crippen LogP contribution is 2.68. The number of alkyl halides is 1. The zero-order chi connectivity index (χ0) is 21.0. The van der Waals surface area contributed by atoms with Crippen molar-refractivity contribution in [1.82, 2.24) is 0 Å². The van der Waals surface area contributed by atoms with Crippen molar-refractivity contribution in [3.63, 3.8) is 0 Å². The highest BCUT2D eigenvalue weighted by Gasteiger charge is 2.59. The maximum atomic E-state index is 10.6. The van der Waals surface area contributed by atoms with Crippen molar-refractivity contribution in [2.75, 3.05) is 0 Å². The molecule has 0 spiro atoms. The van der Waals surface area contributed by atoms with Crippen molar-refractivity contribution in [3.05, 3.63) is 11.6 Å². The first-order valence-electron chi connectivity index (χ1n) is 12.7. The molecule has 0 amide bonds. The van der Waals surface area contributed by atoms with E-state index in [1.165, 1.54) is 51.4 Å². The molecule has 0 radical (unpaired) electrons. The minimum Gasteiger partial charge on any atom is -0.379 e. The molecule has 2 heteroatoms. The SMILES string of the molecule is CC(C)CCC[C@@H](C)[C@H]1CC[C@H]2[C@@H]3CC=C4CC(O)(Br)CC[C@]4(C)[C@H]3CC[C@]12C. The Labute approximate surface area is 188 Å². The molecule has 166 valence electrons. The van der Waals surface area contributed by atoms with Gasteiger partial charge in [-0.05, 0) is 91.3 Å². The first kappa shape index (κ1) is 22.4. The van der Waals surface area contributed by atoms with Crippen molar-refractivity contribution in [3.8, 4) is 0 Å². The summed E-state index contributed by atoms with van der Waals surface area (Å²) < 4.78 is -0.655. The Hall–Kier alpha value is 0.180. The fourth-order valence-corrected chi connectivity index (χ4v) is 9.13. The summed E-state index contributed by atoms with van der Waals surface area (Å²) in [4.78, 5) is 0. The van der Waals surface area contributed by atoms with Crippen molar-refractivity contribution in [2.45, 2.75) is 110 Å². The van der Waals surface area contributed by atoms with Gasteiger partial charge in [-0.3, -0.25) is 0 Å². The highest BCUT2D eigenvalue weighted by atomic mass is 79.9. The highest BCUT2D eigenvalue weighted by molar-refractivity contribution is 9.10. The van der Waals surface area contributed by atoms with E-state index in [2.05, 4.69) is 56.6 Å². The molecule has 0 saturated heterocycles. The molecule has 0 bridgehead atoms. The minimum absolute atomic E-state index is 0.339. The van der Waals surface area contributed by atoms with Crippen LogP contribution in [0.2, 0.25) is 0 Å². The predicted octanol–water partition coefficient (Wildman–Crippen LogP) is 8.11. The summed E-state index contributed by atoms with van der Waals surface area (Å²) in [6.07, 6.45) is 16.8. The second-order valence-electron chi connectivity index (χ2n) is 12.4. The lowest BCUT2D eigenvalue weighted by atomic mass is 9.47. The third-order valence-electron chi connectivity index (χ3n) is 10.3. The first-order chi connectivity index (χ1) is 13.6. The molecular weight excluding hydrogens is 420 g/mol. The van der Waals surface area contributed by atoms with Crippen LogP contribution in [0.15, 0.2) is 11.6 Å². The molecule has 4 aliphatic carbocycles. The Balaban J connectivity index is 1.50. The van der Waals surface area contributed by atoms with Gasteiger partial charge in [0.15, 0.2) is 0 Å². The van der Waals surface area contributed by atoms with E-state index in [1.54, 1.807) is 5.57 Å². The van der Waals surface area contributed by atoms with Gasteiger partial charge in [-0.1, -0.05) is 81.5 Å². The first-order valence-corrected chi connectivity index (χ1v) is 13.5. The van der Waals surface area contributed by atoms with E-state index in [0.717, 1.165) is 54.8 Å². The van der Waals surface area contributed by atoms with Gasteiger partial charge in [-0.15, -0.1) is 0 Å². The fourth-order valence-electron chi connectivity index (χ4n) is 8.63. The topological polar surface area (TPSA) is 20.2 Å². The van der Waals surface area contributed by atoms with E-state index in [9.17, 15) is 5.11 Å². The lowest BCUT2D eigenvalue weighted by Gasteiger charge is -2.59. The third kappa shape index (κ3) is 3.92. The zero-order valence-corrected chi connectivity index (χ0v) is 21.2. The van der Waals surface area contributed by atoms with Crippen LogP contribution < -0.4 is 0 Å². The number of hydrogen-bond acceptors (Lipinski definition) is 1. The van der Waals surface area contributed by atoms with Crippen LogP contribution in [0, 0.1) is 46.3 Å². The van der Waals surface area contributed by atoms with Crippen LogP contribution in [0.5, 0.6) is 0 Å². The maximum Gasteiger partial charge on any atom is 0.123 e. The van der Waals surface area contributed by atoms with E-state index in [0.29, 0.717) is 10.8 Å². The van der Waals surface area contributed by atoms with E-state index in [-0.39, 0.29) is 0 Å². The molecule has 1 unspecified atom stereocenters. The van der Waals surface area contributed by atoms with Gasteiger partial charge in [0.25, 0.3) is 0 Å². The molecular formula is C27H45BrO. The van der Waals surface area contributed by atoms with Crippen LogP contribution in [-0.2, 0) is 0 Å². The van der Waals surface area contributed by atoms with Gasteiger partial charge >= 0.3 is 0 Å². The van der Waals surface area contributed by atoms with Gasteiger partial charge in [-0.2, -0.15) is 0 Å². The second-order valence-corrected chi connectivity index (χ2v) is 13.9. The monoisotopic (exact) mass is 464 g/mol. The van der Waals surface area contributed by atoms with Crippen molar-refractivity contribution in [2.24, 2.45) is 46.3 Å². The summed E-state index contributed by atoms with van der Waals surface area (Å²) in [5.74, 6) is 5.34. The van der Waals surface area contributed by atoms with Gasteiger partial charge in [0.05, 0.1) is 0 Å². The lowest BCUT2D eigenvalue weighted by molar-refractivity contribution is -0.0596. The summed E-state index contributed by atoms with van der Waals surface area (Å²) in [5, 5.41) is 10.6. The Morgan fingerprint density at radius 2 is 1.79 bits per heavy atom. The molecule has 0 aromatic carbocycles. The predicted molar refractivity (Wildman–Crippen MR) is 127 cm³/mol. The smallest absolute Gasteiger partial charge is 0.123 e.